The van der Waals surface area contributed by atoms with Crippen LogP contribution < -0.4 is 4.74 Å². The number of likely N-dealkylation sites (tertiary alicyclic amines) is 1. The van der Waals surface area contributed by atoms with Crippen molar-refractivity contribution in [2.45, 2.75) is 43.6 Å². The molecule has 0 unspecified atom stereocenters. The van der Waals surface area contributed by atoms with Gasteiger partial charge in [-0.05, 0) is 36.6 Å². The number of carbonyl (C=O) groups excluding carboxylic acids is 2. The molecule has 4 heterocycles. The van der Waals surface area contributed by atoms with Crippen molar-refractivity contribution in [3.63, 3.8) is 0 Å². The summed E-state index contributed by atoms with van der Waals surface area (Å²) in [4.78, 5) is 33.8. The highest BCUT2D eigenvalue weighted by atomic mass is 19.1. The highest BCUT2D eigenvalue weighted by Crippen LogP contribution is 2.47. The van der Waals surface area contributed by atoms with Gasteiger partial charge in [0, 0.05) is 38.1 Å². The van der Waals surface area contributed by atoms with Gasteiger partial charge in [0.25, 0.3) is 11.8 Å². The molecule has 1 spiro atoms. The number of hydrogen-bond donors (Lipinski definition) is 0. The Bertz CT molecular complexity index is 1050. The van der Waals surface area contributed by atoms with Crippen molar-refractivity contribution < 1.29 is 27.8 Å². The molecular formula is C23H23F2N3O4. The minimum absolute atomic E-state index is 0.165. The van der Waals surface area contributed by atoms with E-state index in [-0.39, 0.29) is 17.5 Å². The molecule has 168 valence electrons. The molecule has 2 atom stereocenters. The first-order valence-electron chi connectivity index (χ1n) is 10.7. The molecule has 32 heavy (non-hydrogen) atoms. The second-order valence-corrected chi connectivity index (χ2v) is 8.43. The minimum Gasteiger partial charge on any atom is -0.481 e. The average Bonchev–Trinajstić information content (AvgIpc) is 3.31. The van der Waals surface area contributed by atoms with Gasteiger partial charge in [0.05, 0.1) is 13.2 Å². The molecule has 7 nitrogen and oxygen atoms in total. The van der Waals surface area contributed by atoms with Gasteiger partial charge in [-0.3, -0.25) is 9.59 Å². The number of halogens is 2. The Labute approximate surface area is 183 Å². The number of carbonyl (C=O) groups is 2. The lowest BCUT2D eigenvalue weighted by atomic mass is 9.89. The zero-order valence-electron chi connectivity index (χ0n) is 17.6. The van der Waals surface area contributed by atoms with E-state index in [1.807, 2.05) is 0 Å². The summed E-state index contributed by atoms with van der Waals surface area (Å²) >= 11 is 0. The van der Waals surface area contributed by atoms with Gasteiger partial charge in [-0.1, -0.05) is 6.07 Å². The van der Waals surface area contributed by atoms with Gasteiger partial charge in [-0.15, -0.1) is 0 Å². The van der Waals surface area contributed by atoms with E-state index < -0.39 is 29.5 Å². The Hall–Kier alpha value is -3.07. The molecule has 2 aromatic rings. The standard InChI is InChI=1S/C23H23F2N3O4/c1-31-19-4-2-3-17(26-19)21(29)27-9-7-23(8-10-27)22(30)28-18(5-6-20(28)32-23)14-11-15(24)13-16(25)12-14/h2-4,11-13,18,20H,5-10H2,1H3/t18-,20+/m0/s1. The lowest BCUT2D eigenvalue weighted by Gasteiger charge is -2.37. The van der Waals surface area contributed by atoms with Crippen molar-refractivity contribution in [3.8, 4) is 5.88 Å². The molecule has 5 rings (SSSR count). The van der Waals surface area contributed by atoms with Crippen LogP contribution in [-0.2, 0) is 9.53 Å². The lowest BCUT2D eigenvalue weighted by Crippen LogP contribution is -2.51. The minimum atomic E-state index is -1.01. The molecule has 2 amide bonds. The third-order valence-corrected chi connectivity index (χ3v) is 6.60. The van der Waals surface area contributed by atoms with Crippen LogP contribution in [0.2, 0.25) is 0 Å². The van der Waals surface area contributed by atoms with Crippen molar-refractivity contribution in [1.82, 2.24) is 14.8 Å². The largest absolute Gasteiger partial charge is 0.481 e. The van der Waals surface area contributed by atoms with Crippen LogP contribution in [0.3, 0.4) is 0 Å². The molecule has 3 saturated heterocycles. The van der Waals surface area contributed by atoms with E-state index >= 15 is 0 Å². The summed E-state index contributed by atoms with van der Waals surface area (Å²) in [5.74, 6) is -1.36. The third kappa shape index (κ3) is 3.40. The normalized spacial score (nSPS) is 24.2. The van der Waals surface area contributed by atoms with Crippen LogP contribution >= 0.6 is 0 Å². The zero-order valence-corrected chi connectivity index (χ0v) is 17.6. The number of ether oxygens (including phenoxy) is 2. The highest BCUT2D eigenvalue weighted by Gasteiger charge is 2.58. The molecule has 3 aliphatic rings. The van der Waals surface area contributed by atoms with Crippen LogP contribution in [0.15, 0.2) is 36.4 Å². The van der Waals surface area contributed by atoms with Crippen LogP contribution in [0, 0.1) is 11.6 Å². The predicted octanol–water partition coefficient (Wildman–Crippen LogP) is 3.06. The smallest absolute Gasteiger partial charge is 0.272 e. The molecule has 0 N–H and O–H groups in total. The first-order chi connectivity index (χ1) is 15.4. The summed E-state index contributed by atoms with van der Waals surface area (Å²) in [7, 11) is 1.49. The number of aromatic nitrogens is 1. The Morgan fingerprint density at radius 3 is 2.56 bits per heavy atom. The number of piperidine rings is 1. The van der Waals surface area contributed by atoms with Gasteiger partial charge >= 0.3 is 0 Å². The fourth-order valence-electron chi connectivity index (χ4n) is 5.02. The molecular weight excluding hydrogens is 420 g/mol. The van der Waals surface area contributed by atoms with Gasteiger partial charge < -0.3 is 19.3 Å². The summed E-state index contributed by atoms with van der Waals surface area (Å²) in [6.07, 6.45) is 1.49. The van der Waals surface area contributed by atoms with E-state index in [2.05, 4.69) is 4.98 Å². The zero-order chi connectivity index (χ0) is 22.5. The van der Waals surface area contributed by atoms with Crippen molar-refractivity contribution in [3.05, 3.63) is 59.3 Å². The van der Waals surface area contributed by atoms with E-state index in [1.54, 1.807) is 28.0 Å². The van der Waals surface area contributed by atoms with Gasteiger partial charge in [0.15, 0.2) is 5.60 Å². The first kappa shape index (κ1) is 20.8. The molecule has 0 radical (unpaired) electrons. The first-order valence-corrected chi connectivity index (χ1v) is 10.7. The number of nitrogens with zero attached hydrogens (tertiary/aromatic N) is 3. The van der Waals surface area contributed by atoms with Crippen LogP contribution in [0.4, 0.5) is 8.78 Å². The molecule has 1 aromatic heterocycles. The second-order valence-electron chi connectivity index (χ2n) is 8.43. The van der Waals surface area contributed by atoms with Gasteiger partial charge in [-0.2, -0.15) is 0 Å². The van der Waals surface area contributed by atoms with E-state index in [9.17, 15) is 18.4 Å². The molecule has 3 aliphatic heterocycles. The molecule has 9 heteroatoms. The Balaban J connectivity index is 1.30. The van der Waals surface area contributed by atoms with Gasteiger partial charge in [0.1, 0.15) is 23.6 Å². The SMILES string of the molecule is COc1cccc(C(=O)N2CCC3(CC2)O[C@@H]2CC[C@@H](c4cc(F)cc(F)c4)N2C3=O)n1. The number of amides is 2. The second kappa shape index (κ2) is 7.81. The number of benzene rings is 1. The summed E-state index contributed by atoms with van der Waals surface area (Å²) in [6.45, 7) is 0.701. The summed E-state index contributed by atoms with van der Waals surface area (Å²) < 4.78 is 38.8. The van der Waals surface area contributed by atoms with Crippen LogP contribution in [0.1, 0.15) is 47.8 Å². The quantitative estimate of drug-likeness (QED) is 0.729. The lowest BCUT2D eigenvalue weighted by molar-refractivity contribution is -0.142. The Kier molecular flexibility index (Phi) is 5.08. The van der Waals surface area contributed by atoms with E-state index in [0.717, 1.165) is 6.07 Å². The van der Waals surface area contributed by atoms with Crippen LogP contribution in [0.25, 0.3) is 0 Å². The average molecular weight is 443 g/mol. The van der Waals surface area contributed by atoms with E-state index in [4.69, 9.17) is 9.47 Å². The van der Waals surface area contributed by atoms with Crippen molar-refractivity contribution in [2.24, 2.45) is 0 Å². The highest BCUT2D eigenvalue weighted by molar-refractivity contribution is 5.93. The number of hydrogen-bond acceptors (Lipinski definition) is 5. The van der Waals surface area contributed by atoms with Gasteiger partial charge in [-0.25, -0.2) is 13.8 Å². The molecule has 1 aromatic carbocycles. The third-order valence-electron chi connectivity index (χ3n) is 6.60. The summed E-state index contributed by atoms with van der Waals surface area (Å²) in [5, 5.41) is 0. The van der Waals surface area contributed by atoms with Crippen LogP contribution in [-0.4, -0.2) is 58.6 Å². The summed E-state index contributed by atoms with van der Waals surface area (Å²) in [5.41, 5.74) is -0.281. The fourth-order valence-corrected chi connectivity index (χ4v) is 5.02. The van der Waals surface area contributed by atoms with Gasteiger partial charge in [0.2, 0.25) is 5.88 Å². The number of fused-ring (bicyclic) bond motifs is 1. The number of pyridine rings is 1. The molecule has 0 aliphatic carbocycles. The monoisotopic (exact) mass is 443 g/mol. The van der Waals surface area contributed by atoms with Crippen molar-refractivity contribution in [2.75, 3.05) is 20.2 Å². The number of rotatable bonds is 3. The van der Waals surface area contributed by atoms with Crippen molar-refractivity contribution >= 4 is 11.8 Å². The topological polar surface area (TPSA) is 72.0 Å². The fraction of sp³-hybridized carbons (Fsp3) is 0.435. The Morgan fingerprint density at radius 2 is 1.88 bits per heavy atom. The molecule has 3 fully saturated rings. The maximum Gasteiger partial charge on any atom is 0.272 e. The van der Waals surface area contributed by atoms with E-state index in [1.165, 1.54) is 19.2 Å². The molecule has 0 bridgehead atoms. The predicted molar refractivity (Wildman–Crippen MR) is 109 cm³/mol. The van der Waals surface area contributed by atoms with E-state index in [0.29, 0.717) is 50.2 Å². The molecule has 0 saturated carbocycles. The Morgan fingerprint density at radius 1 is 1.16 bits per heavy atom. The maximum atomic E-state index is 13.8. The van der Waals surface area contributed by atoms with Crippen molar-refractivity contribution in [1.29, 1.82) is 0 Å². The van der Waals surface area contributed by atoms with Crippen LogP contribution in [0.5, 0.6) is 5.88 Å². The summed E-state index contributed by atoms with van der Waals surface area (Å²) in [6, 6.07) is 7.96. The maximum absolute atomic E-state index is 13.8. The number of methoxy groups -OCH3 is 1.